The van der Waals surface area contributed by atoms with Gasteiger partial charge in [-0.25, -0.2) is 0 Å². The molecule has 0 amide bonds. The summed E-state index contributed by atoms with van der Waals surface area (Å²) in [5, 5.41) is 13.7. The van der Waals surface area contributed by atoms with Gasteiger partial charge in [0.1, 0.15) is 5.54 Å². The van der Waals surface area contributed by atoms with E-state index in [2.05, 4.69) is 57.3 Å². The molecule has 1 fully saturated rings. The highest BCUT2D eigenvalue weighted by molar-refractivity contribution is 8.00. The van der Waals surface area contributed by atoms with Crippen molar-refractivity contribution in [3.63, 3.8) is 0 Å². The summed E-state index contributed by atoms with van der Waals surface area (Å²) in [5.74, 6) is 0. The summed E-state index contributed by atoms with van der Waals surface area (Å²) < 4.78 is 0. The van der Waals surface area contributed by atoms with Gasteiger partial charge in [-0.3, -0.25) is 5.32 Å². The second-order valence-corrected chi connectivity index (χ2v) is 7.95. The maximum Gasteiger partial charge on any atom is 0.108 e. The average molecular weight is 302 g/mol. The molecule has 0 spiro atoms. The minimum absolute atomic E-state index is 0.330. The van der Waals surface area contributed by atoms with E-state index in [-0.39, 0.29) is 5.54 Å². The van der Waals surface area contributed by atoms with Crippen LogP contribution >= 0.6 is 11.8 Å². The normalized spacial score (nSPS) is 25.8. The molecule has 21 heavy (non-hydrogen) atoms. The highest BCUT2D eigenvalue weighted by atomic mass is 32.2. The van der Waals surface area contributed by atoms with Crippen LogP contribution in [0.4, 0.5) is 0 Å². The third-order valence-corrected chi connectivity index (χ3v) is 5.53. The summed E-state index contributed by atoms with van der Waals surface area (Å²) in [6.45, 7) is 8.57. The molecule has 1 aromatic rings. The zero-order valence-corrected chi connectivity index (χ0v) is 14.4. The highest BCUT2D eigenvalue weighted by Crippen LogP contribution is 2.38. The lowest BCUT2D eigenvalue weighted by Gasteiger charge is -2.37. The largest absolute Gasteiger partial charge is 0.297 e. The number of rotatable bonds is 4. The lowest BCUT2D eigenvalue weighted by Crippen LogP contribution is -2.51. The molecule has 1 N–H and O–H groups in total. The first-order chi connectivity index (χ1) is 9.94. The molecule has 0 bridgehead atoms. The Balaban J connectivity index is 2.07. The molecule has 2 atom stereocenters. The summed E-state index contributed by atoms with van der Waals surface area (Å²) in [7, 11) is 0. The summed E-state index contributed by atoms with van der Waals surface area (Å²) in [6.07, 6.45) is 4.27. The predicted octanol–water partition coefficient (Wildman–Crippen LogP) is 4.60. The number of benzene rings is 1. The number of hydrogen-bond acceptors (Lipinski definition) is 3. The maximum atomic E-state index is 9.63. The smallest absolute Gasteiger partial charge is 0.108 e. The van der Waals surface area contributed by atoms with E-state index in [9.17, 15) is 5.26 Å². The zero-order chi connectivity index (χ0) is 15.5. The van der Waals surface area contributed by atoms with Crippen LogP contribution < -0.4 is 5.32 Å². The molecule has 2 unspecified atom stereocenters. The molecular formula is C18H26N2S. The van der Waals surface area contributed by atoms with E-state index in [1.807, 2.05) is 11.8 Å². The van der Waals surface area contributed by atoms with Gasteiger partial charge in [0.05, 0.1) is 6.07 Å². The molecule has 3 heteroatoms. The summed E-state index contributed by atoms with van der Waals surface area (Å²) in [4.78, 5) is 1.33. The zero-order valence-electron chi connectivity index (χ0n) is 13.6. The number of nitriles is 1. The predicted molar refractivity (Wildman–Crippen MR) is 90.6 cm³/mol. The van der Waals surface area contributed by atoms with Crippen LogP contribution in [0, 0.1) is 25.2 Å². The molecule has 1 aliphatic rings. The summed E-state index contributed by atoms with van der Waals surface area (Å²) in [5.41, 5.74) is 2.36. The second-order valence-electron chi connectivity index (χ2n) is 6.58. The van der Waals surface area contributed by atoms with Crippen LogP contribution in [0.1, 0.15) is 50.7 Å². The minimum atomic E-state index is -0.330. The Kier molecular flexibility index (Phi) is 5.35. The van der Waals surface area contributed by atoms with E-state index in [1.54, 1.807) is 0 Å². The van der Waals surface area contributed by atoms with E-state index in [0.717, 1.165) is 19.3 Å². The molecule has 2 rings (SSSR count). The van der Waals surface area contributed by atoms with Gasteiger partial charge in [-0.1, -0.05) is 6.07 Å². The third-order valence-electron chi connectivity index (χ3n) is 4.27. The van der Waals surface area contributed by atoms with Crippen LogP contribution in [0.25, 0.3) is 0 Å². The second kappa shape index (κ2) is 6.85. The van der Waals surface area contributed by atoms with E-state index in [4.69, 9.17) is 0 Å². The first-order valence-corrected chi connectivity index (χ1v) is 8.75. The summed E-state index contributed by atoms with van der Waals surface area (Å²) >= 11 is 1.94. The Labute approximate surface area is 133 Å². The lowest BCUT2D eigenvalue weighted by atomic mass is 9.82. The average Bonchev–Trinajstić information content (AvgIpc) is 2.42. The van der Waals surface area contributed by atoms with Crippen LogP contribution in [-0.4, -0.2) is 16.8 Å². The van der Waals surface area contributed by atoms with E-state index in [1.165, 1.54) is 22.4 Å². The molecular weight excluding hydrogens is 276 g/mol. The van der Waals surface area contributed by atoms with Gasteiger partial charge < -0.3 is 0 Å². The van der Waals surface area contributed by atoms with Crippen molar-refractivity contribution in [3.05, 3.63) is 29.3 Å². The number of nitrogens with zero attached hydrogens (tertiary/aromatic N) is 1. The molecule has 1 saturated carbocycles. The van der Waals surface area contributed by atoms with Gasteiger partial charge >= 0.3 is 0 Å². The minimum Gasteiger partial charge on any atom is -0.297 e. The van der Waals surface area contributed by atoms with Crippen molar-refractivity contribution in [1.82, 2.24) is 5.32 Å². The SMILES string of the molecule is Cc1ccc(SC2CCCC(C#N)(NC(C)C)C2)cc1C. The van der Waals surface area contributed by atoms with E-state index >= 15 is 0 Å². The van der Waals surface area contributed by atoms with E-state index in [0.29, 0.717) is 11.3 Å². The molecule has 114 valence electrons. The van der Waals surface area contributed by atoms with Gasteiger partial charge in [0, 0.05) is 16.2 Å². The van der Waals surface area contributed by atoms with Gasteiger partial charge in [0.15, 0.2) is 0 Å². The standard InChI is InChI=1S/C18H26N2S/c1-13(2)20-18(12-19)9-5-6-17(11-18)21-16-8-7-14(3)15(4)10-16/h7-8,10,13,17,20H,5-6,9,11H2,1-4H3. The van der Waals surface area contributed by atoms with Gasteiger partial charge in [0.25, 0.3) is 0 Å². The van der Waals surface area contributed by atoms with Gasteiger partial charge in [0.2, 0.25) is 0 Å². The highest BCUT2D eigenvalue weighted by Gasteiger charge is 2.37. The van der Waals surface area contributed by atoms with Crippen LogP contribution in [0.5, 0.6) is 0 Å². The molecule has 0 aromatic heterocycles. The van der Waals surface area contributed by atoms with Crippen molar-refractivity contribution in [2.24, 2.45) is 0 Å². The molecule has 0 heterocycles. The topological polar surface area (TPSA) is 35.8 Å². The fourth-order valence-corrected chi connectivity index (χ4v) is 4.55. The molecule has 1 aromatic carbocycles. The maximum absolute atomic E-state index is 9.63. The van der Waals surface area contributed by atoms with Gasteiger partial charge in [-0.05, 0) is 76.6 Å². The Morgan fingerprint density at radius 1 is 1.33 bits per heavy atom. The molecule has 0 aliphatic heterocycles. The Morgan fingerprint density at radius 2 is 2.10 bits per heavy atom. The first-order valence-electron chi connectivity index (χ1n) is 7.87. The lowest BCUT2D eigenvalue weighted by molar-refractivity contribution is 0.284. The van der Waals surface area contributed by atoms with Gasteiger partial charge in [-0.2, -0.15) is 5.26 Å². The first kappa shape index (κ1) is 16.4. The van der Waals surface area contributed by atoms with Crippen molar-refractivity contribution >= 4 is 11.8 Å². The Morgan fingerprint density at radius 3 is 2.71 bits per heavy atom. The Hall–Kier alpha value is -0.980. The molecule has 2 nitrogen and oxygen atoms in total. The fourth-order valence-electron chi connectivity index (χ4n) is 3.12. The fraction of sp³-hybridized carbons (Fsp3) is 0.611. The van der Waals surface area contributed by atoms with Crippen molar-refractivity contribution < 1.29 is 0 Å². The number of thioether (sulfide) groups is 1. The molecule has 0 saturated heterocycles. The monoisotopic (exact) mass is 302 g/mol. The quantitative estimate of drug-likeness (QED) is 0.883. The van der Waals surface area contributed by atoms with Crippen LogP contribution in [-0.2, 0) is 0 Å². The number of aryl methyl sites for hydroxylation is 2. The number of nitrogens with one attached hydrogen (secondary N) is 1. The number of hydrogen-bond donors (Lipinski definition) is 1. The van der Waals surface area contributed by atoms with Crippen LogP contribution in [0.2, 0.25) is 0 Å². The molecule has 0 radical (unpaired) electrons. The van der Waals surface area contributed by atoms with Crippen LogP contribution in [0.15, 0.2) is 23.1 Å². The Bertz CT molecular complexity index is 533. The molecule has 1 aliphatic carbocycles. The van der Waals surface area contributed by atoms with Crippen molar-refractivity contribution in [1.29, 1.82) is 5.26 Å². The van der Waals surface area contributed by atoms with Crippen LogP contribution in [0.3, 0.4) is 0 Å². The van der Waals surface area contributed by atoms with Crippen molar-refractivity contribution in [2.45, 2.75) is 75.1 Å². The summed E-state index contributed by atoms with van der Waals surface area (Å²) in [6, 6.07) is 9.61. The van der Waals surface area contributed by atoms with Gasteiger partial charge in [-0.15, -0.1) is 11.8 Å². The van der Waals surface area contributed by atoms with Crippen molar-refractivity contribution in [3.8, 4) is 6.07 Å². The van der Waals surface area contributed by atoms with E-state index < -0.39 is 0 Å². The van der Waals surface area contributed by atoms with Crippen molar-refractivity contribution in [2.75, 3.05) is 0 Å². The third kappa shape index (κ3) is 4.25.